The summed E-state index contributed by atoms with van der Waals surface area (Å²) in [6.07, 6.45) is 0. The van der Waals surface area contributed by atoms with E-state index in [1.807, 2.05) is 55.5 Å². The minimum Gasteiger partial charge on any atom is -0.493 e. The predicted octanol–water partition coefficient (Wildman–Crippen LogP) is 2.94. The second kappa shape index (κ2) is 11.9. The number of hydrazine groups is 1. The largest absolute Gasteiger partial charge is 0.493 e. The Kier molecular flexibility index (Phi) is 8.66. The van der Waals surface area contributed by atoms with E-state index in [1.165, 1.54) is 21.3 Å². The van der Waals surface area contributed by atoms with Gasteiger partial charge in [-0.25, -0.2) is 5.84 Å². The molecule has 9 nitrogen and oxygen atoms in total. The van der Waals surface area contributed by atoms with Crippen LogP contribution in [-0.2, 0) is 4.79 Å². The number of ether oxygens (including phenoxy) is 3. The highest BCUT2D eigenvalue weighted by Crippen LogP contribution is 2.38. The lowest BCUT2D eigenvalue weighted by atomic mass is 9.95. The first-order valence-corrected chi connectivity index (χ1v) is 10.9. The Morgan fingerprint density at radius 2 is 1.57 bits per heavy atom. The van der Waals surface area contributed by atoms with Crippen LogP contribution in [-0.4, -0.2) is 39.7 Å². The van der Waals surface area contributed by atoms with Crippen LogP contribution in [0.5, 0.6) is 17.2 Å². The lowest BCUT2D eigenvalue weighted by molar-refractivity contribution is -0.120. The van der Waals surface area contributed by atoms with Crippen LogP contribution in [0.3, 0.4) is 0 Å². The van der Waals surface area contributed by atoms with E-state index >= 15 is 0 Å². The summed E-state index contributed by atoms with van der Waals surface area (Å²) in [6.45, 7) is 1.95. The molecule has 9 heteroatoms. The van der Waals surface area contributed by atoms with E-state index in [9.17, 15) is 9.59 Å². The highest BCUT2D eigenvalue weighted by molar-refractivity contribution is 6.05. The number of amides is 2. The summed E-state index contributed by atoms with van der Waals surface area (Å²) < 4.78 is 16.1. The molecular formula is C26H30N4O5. The van der Waals surface area contributed by atoms with Gasteiger partial charge < -0.3 is 19.5 Å². The van der Waals surface area contributed by atoms with Gasteiger partial charge in [0, 0.05) is 11.3 Å². The summed E-state index contributed by atoms with van der Waals surface area (Å²) in [6, 6.07) is 18.1. The zero-order chi connectivity index (χ0) is 25.4. The lowest BCUT2D eigenvalue weighted by Crippen LogP contribution is -2.39. The van der Waals surface area contributed by atoms with Gasteiger partial charge in [-0.05, 0) is 36.2 Å². The number of rotatable bonds is 10. The Morgan fingerprint density at radius 1 is 0.914 bits per heavy atom. The van der Waals surface area contributed by atoms with Crippen molar-refractivity contribution in [1.29, 1.82) is 0 Å². The third-order valence-corrected chi connectivity index (χ3v) is 5.45. The fraction of sp³-hybridized carbons (Fsp3) is 0.231. The Labute approximate surface area is 204 Å². The van der Waals surface area contributed by atoms with Gasteiger partial charge in [0.1, 0.15) is 0 Å². The minimum atomic E-state index is -0.386. The maximum Gasteiger partial charge on any atom is 0.255 e. The number of anilines is 1. The van der Waals surface area contributed by atoms with E-state index in [2.05, 4.69) is 16.1 Å². The van der Waals surface area contributed by atoms with Gasteiger partial charge in [-0.15, -0.1) is 0 Å². The number of nitrogens with one attached hydrogen (secondary N) is 3. The van der Waals surface area contributed by atoms with E-state index in [1.54, 1.807) is 12.1 Å². The van der Waals surface area contributed by atoms with Crippen molar-refractivity contribution in [3.63, 3.8) is 0 Å². The second-order valence-corrected chi connectivity index (χ2v) is 7.75. The Hall–Kier alpha value is -4.08. The monoisotopic (exact) mass is 478 g/mol. The Morgan fingerprint density at radius 3 is 2.14 bits per heavy atom. The summed E-state index contributed by atoms with van der Waals surface area (Å²) in [5, 5.41) is 6.23. The van der Waals surface area contributed by atoms with E-state index in [-0.39, 0.29) is 24.4 Å². The van der Waals surface area contributed by atoms with Gasteiger partial charge in [0.05, 0.1) is 33.9 Å². The van der Waals surface area contributed by atoms with Crippen LogP contribution >= 0.6 is 0 Å². The molecule has 3 rings (SSSR count). The summed E-state index contributed by atoms with van der Waals surface area (Å²) in [7, 11) is 4.48. The number of aryl methyl sites for hydroxylation is 1. The van der Waals surface area contributed by atoms with Crippen molar-refractivity contribution in [2.75, 3.05) is 33.2 Å². The first-order valence-electron chi connectivity index (χ1n) is 10.9. The van der Waals surface area contributed by atoms with Gasteiger partial charge in [-0.2, -0.15) is 0 Å². The number of hydrogen-bond donors (Lipinski definition) is 4. The van der Waals surface area contributed by atoms with Crippen molar-refractivity contribution >= 4 is 17.5 Å². The first-order chi connectivity index (χ1) is 16.9. The standard InChI is InChI=1S/C26H30N4O5/c1-16-10-11-20(29-26(32)18-13-21(33-2)25(35-4)22(14-18)34-3)19(12-16)24(28-15-23(31)30-27)17-8-6-5-7-9-17/h5-14,24,28H,15,27H2,1-4H3,(H,29,32)(H,30,31)/t24-/m0/s1. The smallest absolute Gasteiger partial charge is 0.255 e. The molecule has 0 aliphatic rings. The second-order valence-electron chi connectivity index (χ2n) is 7.75. The molecule has 0 aliphatic carbocycles. The molecule has 0 heterocycles. The van der Waals surface area contributed by atoms with Crippen molar-refractivity contribution in [2.24, 2.45) is 5.84 Å². The third-order valence-electron chi connectivity index (χ3n) is 5.45. The number of methoxy groups -OCH3 is 3. The molecule has 0 bridgehead atoms. The summed E-state index contributed by atoms with van der Waals surface area (Å²) in [5.74, 6) is 5.69. The van der Waals surface area contributed by atoms with Crippen molar-refractivity contribution in [3.05, 3.63) is 82.9 Å². The van der Waals surface area contributed by atoms with Crippen LogP contribution < -0.4 is 36.1 Å². The molecule has 5 N–H and O–H groups in total. The average molecular weight is 479 g/mol. The number of nitrogens with two attached hydrogens (primary N) is 1. The molecule has 3 aromatic rings. The molecule has 0 unspecified atom stereocenters. The van der Waals surface area contributed by atoms with Gasteiger partial charge in [-0.3, -0.25) is 20.3 Å². The van der Waals surface area contributed by atoms with Gasteiger partial charge >= 0.3 is 0 Å². The minimum absolute atomic E-state index is 0.00966. The molecule has 1 atom stereocenters. The highest BCUT2D eigenvalue weighted by atomic mass is 16.5. The van der Waals surface area contributed by atoms with Crippen molar-refractivity contribution in [3.8, 4) is 17.2 Å². The summed E-state index contributed by atoms with van der Waals surface area (Å²) >= 11 is 0. The molecule has 0 fully saturated rings. The maximum absolute atomic E-state index is 13.3. The van der Waals surface area contributed by atoms with Gasteiger partial charge in [0.15, 0.2) is 11.5 Å². The van der Waals surface area contributed by atoms with Crippen LogP contribution in [0.25, 0.3) is 0 Å². The molecule has 0 saturated carbocycles. The number of benzene rings is 3. The SMILES string of the molecule is COc1cc(C(=O)Nc2ccc(C)cc2[C@@H](NCC(=O)NN)c2ccccc2)cc(OC)c1OC. The molecule has 2 amide bonds. The van der Waals surface area contributed by atoms with Crippen LogP contribution in [0, 0.1) is 6.92 Å². The van der Waals surface area contributed by atoms with Crippen molar-refractivity contribution in [1.82, 2.24) is 10.7 Å². The average Bonchev–Trinajstić information content (AvgIpc) is 2.89. The number of hydrogen-bond acceptors (Lipinski definition) is 7. The molecule has 0 spiro atoms. The maximum atomic E-state index is 13.3. The quantitative estimate of drug-likeness (QED) is 0.201. The van der Waals surface area contributed by atoms with Crippen LogP contribution in [0.4, 0.5) is 5.69 Å². The van der Waals surface area contributed by atoms with Gasteiger partial charge in [-0.1, -0.05) is 48.0 Å². The van der Waals surface area contributed by atoms with Crippen molar-refractivity contribution < 1.29 is 23.8 Å². The number of carbonyl (C=O) groups excluding carboxylic acids is 2. The highest BCUT2D eigenvalue weighted by Gasteiger charge is 2.22. The molecule has 0 aliphatic heterocycles. The first kappa shape index (κ1) is 25.5. The molecule has 184 valence electrons. The Balaban J connectivity index is 2.01. The fourth-order valence-electron chi connectivity index (χ4n) is 3.74. The van der Waals surface area contributed by atoms with E-state index in [0.29, 0.717) is 28.5 Å². The van der Waals surface area contributed by atoms with Gasteiger partial charge in [0.2, 0.25) is 11.7 Å². The normalized spacial score (nSPS) is 11.3. The molecule has 35 heavy (non-hydrogen) atoms. The third kappa shape index (κ3) is 6.08. The zero-order valence-electron chi connectivity index (χ0n) is 20.2. The van der Waals surface area contributed by atoms with Gasteiger partial charge in [0.25, 0.3) is 5.91 Å². The lowest BCUT2D eigenvalue weighted by Gasteiger charge is -2.23. The van der Waals surface area contributed by atoms with Crippen LogP contribution in [0.15, 0.2) is 60.7 Å². The van der Waals surface area contributed by atoms with Crippen LogP contribution in [0.2, 0.25) is 0 Å². The fourth-order valence-corrected chi connectivity index (χ4v) is 3.74. The zero-order valence-corrected chi connectivity index (χ0v) is 20.2. The topological polar surface area (TPSA) is 124 Å². The molecule has 0 radical (unpaired) electrons. The van der Waals surface area contributed by atoms with E-state index < -0.39 is 0 Å². The molecule has 3 aromatic carbocycles. The Bertz CT molecular complexity index is 1160. The molecular weight excluding hydrogens is 448 g/mol. The van der Waals surface area contributed by atoms with Crippen molar-refractivity contribution in [2.45, 2.75) is 13.0 Å². The van der Waals surface area contributed by atoms with E-state index in [4.69, 9.17) is 20.1 Å². The van der Waals surface area contributed by atoms with Crippen LogP contribution in [0.1, 0.15) is 33.1 Å². The predicted molar refractivity (Wildman–Crippen MR) is 134 cm³/mol. The number of carbonyl (C=O) groups is 2. The summed E-state index contributed by atoms with van der Waals surface area (Å²) in [5.41, 5.74) is 5.76. The van der Waals surface area contributed by atoms with E-state index in [0.717, 1.165) is 16.7 Å². The molecule has 0 saturated heterocycles. The molecule has 0 aromatic heterocycles. The summed E-state index contributed by atoms with van der Waals surface area (Å²) in [4.78, 5) is 25.2.